The number of carbonyl (C=O) groups is 2. The summed E-state index contributed by atoms with van der Waals surface area (Å²) in [6, 6.07) is 9.53. The molecule has 2 aromatic rings. The Labute approximate surface area is 232 Å². The van der Waals surface area contributed by atoms with Gasteiger partial charge in [0.15, 0.2) is 0 Å². The highest BCUT2D eigenvalue weighted by Crippen LogP contribution is 2.49. The van der Waals surface area contributed by atoms with E-state index in [1.165, 1.54) is 31.2 Å². The van der Waals surface area contributed by atoms with Gasteiger partial charge in [0.05, 0.1) is 12.2 Å². The van der Waals surface area contributed by atoms with Crippen LogP contribution in [0.15, 0.2) is 72.8 Å². The van der Waals surface area contributed by atoms with Crippen LogP contribution in [0.3, 0.4) is 0 Å². The van der Waals surface area contributed by atoms with Crippen molar-refractivity contribution in [3.05, 3.63) is 95.1 Å². The molecule has 5 nitrogen and oxygen atoms in total. The number of hydrogen-bond acceptors (Lipinski definition) is 5. The number of ether oxygens (including phenoxy) is 2. The normalized spacial score (nSPS) is 12.5. The number of alkyl halides is 4. The summed E-state index contributed by atoms with van der Waals surface area (Å²) in [6.07, 6.45) is 3.04. The van der Waals surface area contributed by atoms with E-state index in [0.717, 1.165) is 49.1 Å². The van der Waals surface area contributed by atoms with Gasteiger partial charge in [0.2, 0.25) is 0 Å². The summed E-state index contributed by atoms with van der Waals surface area (Å²) in [5.74, 6) is -10.5. The van der Waals surface area contributed by atoms with Crippen LogP contribution < -0.4 is 0 Å². The van der Waals surface area contributed by atoms with Crippen LogP contribution in [0.25, 0.3) is 0 Å². The predicted molar refractivity (Wildman–Crippen MR) is 144 cm³/mol. The number of esters is 2. The van der Waals surface area contributed by atoms with Crippen molar-refractivity contribution in [2.75, 3.05) is 13.2 Å². The largest absolute Gasteiger partial charge is 0.458 e. The van der Waals surface area contributed by atoms with Gasteiger partial charge in [-0.05, 0) is 43.7 Å². The predicted octanol–water partition coefficient (Wildman–Crippen LogP) is 6.82. The highest BCUT2D eigenvalue weighted by Gasteiger charge is 2.58. The number of rotatable bonds is 16. The van der Waals surface area contributed by atoms with Gasteiger partial charge in [-0.15, -0.1) is 0 Å². The second kappa shape index (κ2) is 14.8. The molecule has 0 fully saturated rings. The van der Waals surface area contributed by atoms with E-state index in [9.17, 15) is 18.4 Å². The molecule has 0 aliphatic rings. The molecule has 9 heteroatoms. The first-order valence-corrected chi connectivity index (χ1v) is 13.1. The molecule has 0 amide bonds. The molecule has 0 aromatic heterocycles. The zero-order valence-corrected chi connectivity index (χ0v) is 22.9. The number of aliphatic hydroxyl groups excluding tert-OH is 1. The molecular weight excluding hydrogens is 528 g/mol. The Bertz CT molecular complexity index is 1160. The lowest BCUT2D eigenvalue weighted by atomic mass is 9.93. The Kier molecular flexibility index (Phi) is 12.1. The molecule has 1 N–H and O–H groups in total. The smallest absolute Gasteiger partial charge is 0.339 e. The standard InChI is InChI=1S/C31H36F4O5/c1-5-6-7-8-23-9-14-25(15-10-23)30(32,33)31(34,35)26-16-11-24(12-17-26)13-18-27(40-28(37)21(2)3)20-39-29(38)22(4)19-36/h9-12,14-17,27,36H,2,4-8,13,18-20H2,1,3H3. The van der Waals surface area contributed by atoms with E-state index in [2.05, 4.69) is 20.1 Å². The van der Waals surface area contributed by atoms with E-state index in [0.29, 0.717) is 12.0 Å². The number of hydrogen-bond donors (Lipinski definition) is 1. The molecule has 0 radical (unpaired) electrons. The second-order valence-corrected chi connectivity index (χ2v) is 9.71. The van der Waals surface area contributed by atoms with E-state index < -0.39 is 47.6 Å². The van der Waals surface area contributed by atoms with Crippen molar-refractivity contribution in [2.24, 2.45) is 0 Å². The summed E-state index contributed by atoms with van der Waals surface area (Å²) in [5, 5.41) is 8.98. The summed E-state index contributed by atoms with van der Waals surface area (Å²) in [7, 11) is 0. The van der Waals surface area contributed by atoms with Crippen LogP contribution in [0, 0.1) is 0 Å². The van der Waals surface area contributed by atoms with E-state index in [1.54, 1.807) is 0 Å². The molecule has 0 aliphatic heterocycles. The number of carbonyl (C=O) groups excluding carboxylic acids is 2. The molecule has 0 bridgehead atoms. The minimum atomic E-state index is -4.46. The third-order valence-corrected chi connectivity index (χ3v) is 6.35. The summed E-state index contributed by atoms with van der Waals surface area (Å²) in [4.78, 5) is 23.8. The van der Waals surface area contributed by atoms with Gasteiger partial charge in [-0.1, -0.05) is 81.5 Å². The Balaban J connectivity index is 2.10. The van der Waals surface area contributed by atoms with Crippen LogP contribution in [-0.2, 0) is 43.7 Å². The van der Waals surface area contributed by atoms with Crippen LogP contribution in [0.1, 0.15) is 61.8 Å². The first-order chi connectivity index (χ1) is 18.8. The maximum absolute atomic E-state index is 15.0. The molecule has 0 saturated carbocycles. The number of benzene rings is 2. The topological polar surface area (TPSA) is 72.8 Å². The molecule has 2 aromatic carbocycles. The van der Waals surface area contributed by atoms with Gasteiger partial charge in [-0.3, -0.25) is 0 Å². The van der Waals surface area contributed by atoms with Gasteiger partial charge in [0.25, 0.3) is 0 Å². The average Bonchev–Trinajstić information content (AvgIpc) is 2.94. The van der Waals surface area contributed by atoms with Crippen LogP contribution in [-0.4, -0.2) is 36.4 Å². The Hall–Kier alpha value is -3.46. The van der Waals surface area contributed by atoms with Gasteiger partial charge in [0, 0.05) is 16.7 Å². The molecular formula is C31H36F4O5. The Morgan fingerprint density at radius 2 is 1.35 bits per heavy atom. The lowest BCUT2D eigenvalue weighted by Crippen LogP contribution is -2.35. The minimum absolute atomic E-state index is 0.120. The van der Waals surface area contributed by atoms with Crippen molar-refractivity contribution >= 4 is 11.9 Å². The maximum atomic E-state index is 15.0. The van der Waals surface area contributed by atoms with E-state index in [4.69, 9.17) is 14.6 Å². The quantitative estimate of drug-likeness (QED) is 0.105. The van der Waals surface area contributed by atoms with Crippen molar-refractivity contribution in [2.45, 2.75) is 70.3 Å². The lowest BCUT2D eigenvalue weighted by Gasteiger charge is -2.27. The lowest BCUT2D eigenvalue weighted by molar-refractivity contribution is -0.223. The molecule has 1 atom stereocenters. The molecule has 0 heterocycles. The van der Waals surface area contributed by atoms with Crippen LogP contribution in [0.2, 0.25) is 0 Å². The minimum Gasteiger partial charge on any atom is -0.458 e. The maximum Gasteiger partial charge on any atom is 0.339 e. The second-order valence-electron chi connectivity index (χ2n) is 9.71. The first kappa shape index (κ1) is 32.8. The van der Waals surface area contributed by atoms with E-state index in [1.807, 2.05) is 0 Å². The van der Waals surface area contributed by atoms with Crippen LogP contribution >= 0.6 is 0 Å². The number of aryl methyl sites for hydroxylation is 2. The summed E-state index contributed by atoms with van der Waals surface area (Å²) in [5.41, 5.74) is -0.324. The zero-order valence-electron chi connectivity index (χ0n) is 22.9. The third-order valence-electron chi connectivity index (χ3n) is 6.35. The first-order valence-electron chi connectivity index (χ1n) is 13.1. The van der Waals surface area contributed by atoms with Gasteiger partial charge < -0.3 is 14.6 Å². The SMILES string of the molecule is C=C(C)C(=O)OC(CCc1ccc(C(F)(F)C(F)(F)c2ccc(CCCCC)cc2)cc1)COC(=O)C(=C)CO. The van der Waals surface area contributed by atoms with Gasteiger partial charge >= 0.3 is 23.8 Å². The van der Waals surface area contributed by atoms with Gasteiger partial charge in [0.1, 0.15) is 12.7 Å². The number of aliphatic hydroxyl groups is 1. The van der Waals surface area contributed by atoms with Crippen molar-refractivity contribution < 1.29 is 41.7 Å². The molecule has 218 valence electrons. The fourth-order valence-corrected chi connectivity index (χ4v) is 3.79. The van der Waals surface area contributed by atoms with Gasteiger partial charge in [-0.2, -0.15) is 17.6 Å². The number of unbranched alkanes of at least 4 members (excludes halogenated alkanes) is 2. The highest BCUT2D eigenvalue weighted by molar-refractivity contribution is 5.88. The van der Waals surface area contributed by atoms with E-state index in [-0.39, 0.29) is 30.6 Å². The van der Waals surface area contributed by atoms with Crippen LogP contribution in [0.4, 0.5) is 17.6 Å². The fraction of sp³-hybridized carbons (Fsp3) is 0.419. The average molecular weight is 565 g/mol. The Morgan fingerprint density at radius 3 is 1.80 bits per heavy atom. The monoisotopic (exact) mass is 564 g/mol. The summed E-state index contributed by atoms with van der Waals surface area (Å²) >= 11 is 0. The van der Waals surface area contributed by atoms with Crippen molar-refractivity contribution in [1.82, 2.24) is 0 Å². The van der Waals surface area contributed by atoms with Crippen molar-refractivity contribution in [3.8, 4) is 0 Å². The molecule has 0 spiro atoms. The molecule has 2 rings (SSSR count). The van der Waals surface area contributed by atoms with E-state index >= 15 is 8.78 Å². The molecule has 1 unspecified atom stereocenters. The Morgan fingerprint density at radius 1 is 0.850 bits per heavy atom. The summed E-state index contributed by atoms with van der Waals surface area (Å²) in [6.45, 7) is 9.40. The molecule has 0 saturated heterocycles. The zero-order chi connectivity index (χ0) is 29.9. The highest BCUT2D eigenvalue weighted by atomic mass is 19.3. The third kappa shape index (κ3) is 8.78. The number of halogens is 4. The van der Waals surface area contributed by atoms with Crippen molar-refractivity contribution in [3.63, 3.8) is 0 Å². The fourth-order valence-electron chi connectivity index (χ4n) is 3.79. The summed E-state index contributed by atoms with van der Waals surface area (Å²) < 4.78 is 70.2. The van der Waals surface area contributed by atoms with Crippen molar-refractivity contribution in [1.29, 1.82) is 0 Å². The van der Waals surface area contributed by atoms with Gasteiger partial charge in [-0.25, -0.2) is 9.59 Å². The molecule has 0 aliphatic carbocycles. The molecule has 40 heavy (non-hydrogen) atoms. The van der Waals surface area contributed by atoms with Crippen LogP contribution in [0.5, 0.6) is 0 Å².